The summed E-state index contributed by atoms with van der Waals surface area (Å²) in [5.41, 5.74) is 0. The topological polar surface area (TPSA) is 0 Å². The third kappa shape index (κ3) is 3.75. The first-order chi connectivity index (χ1) is 3.68. The van der Waals surface area contributed by atoms with Crippen LogP contribution in [0.5, 0.6) is 0 Å². The van der Waals surface area contributed by atoms with Gasteiger partial charge in [-0.1, -0.05) is 22.5 Å². The second kappa shape index (κ2) is 4.65. The molecule has 0 aromatic heterocycles. The van der Waals surface area contributed by atoms with Crippen LogP contribution in [0.3, 0.4) is 0 Å². The van der Waals surface area contributed by atoms with E-state index in [1.54, 1.807) is 11.8 Å². The summed E-state index contributed by atoms with van der Waals surface area (Å²) in [6, 6.07) is 0. The van der Waals surface area contributed by atoms with Gasteiger partial charge in [0.25, 0.3) is 0 Å². The molecule has 0 radical (unpaired) electrons. The standard InChI is InChI=1S/C5H6Br2S/c1-4(6)5(7)3-8-2/h3H,1H2,2H3/b5-3+. The van der Waals surface area contributed by atoms with E-state index in [-0.39, 0.29) is 0 Å². The van der Waals surface area contributed by atoms with E-state index in [0.717, 1.165) is 8.96 Å². The fourth-order valence-corrected chi connectivity index (χ4v) is 1.34. The van der Waals surface area contributed by atoms with Crippen molar-refractivity contribution in [3.05, 3.63) is 21.0 Å². The highest BCUT2D eigenvalue weighted by atomic mass is 79.9. The van der Waals surface area contributed by atoms with E-state index in [1.165, 1.54) is 0 Å². The number of rotatable bonds is 2. The molecule has 0 aromatic rings. The third-order valence-electron chi connectivity index (χ3n) is 0.480. The maximum absolute atomic E-state index is 3.66. The van der Waals surface area contributed by atoms with Gasteiger partial charge >= 0.3 is 0 Å². The maximum Gasteiger partial charge on any atom is 0.0374 e. The fourth-order valence-electron chi connectivity index (χ4n) is 0.167. The molecule has 0 rings (SSSR count). The Kier molecular flexibility index (Phi) is 5.11. The van der Waals surface area contributed by atoms with Crippen molar-refractivity contribution in [2.45, 2.75) is 0 Å². The molecular weight excluding hydrogens is 252 g/mol. The molecule has 0 aromatic carbocycles. The predicted molar refractivity (Wildman–Crippen MR) is 48.6 cm³/mol. The van der Waals surface area contributed by atoms with Crippen molar-refractivity contribution in [3.63, 3.8) is 0 Å². The lowest BCUT2D eigenvalue weighted by atomic mass is 10.6. The van der Waals surface area contributed by atoms with Gasteiger partial charge < -0.3 is 0 Å². The van der Waals surface area contributed by atoms with Crippen molar-refractivity contribution in [1.29, 1.82) is 0 Å². The Labute approximate surface area is 70.7 Å². The Bertz CT molecular complexity index is 118. The van der Waals surface area contributed by atoms with Crippen LogP contribution in [0.25, 0.3) is 0 Å². The van der Waals surface area contributed by atoms with Crippen LogP contribution in [0.4, 0.5) is 0 Å². The Morgan fingerprint density at radius 3 is 2.25 bits per heavy atom. The van der Waals surface area contributed by atoms with Gasteiger partial charge in [-0.25, -0.2) is 0 Å². The number of thioether (sulfide) groups is 1. The molecule has 0 saturated heterocycles. The smallest absolute Gasteiger partial charge is 0.0374 e. The second-order valence-electron chi connectivity index (χ2n) is 1.11. The summed E-state index contributed by atoms with van der Waals surface area (Å²) in [4.78, 5) is 0. The highest BCUT2D eigenvalue weighted by Crippen LogP contribution is 2.22. The molecule has 0 spiro atoms. The second-order valence-corrected chi connectivity index (χ2v) is 3.63. The fraction of sp³-hybridized carbons (Fsp3) is 0.200. The van der Waals surface area contributed by atoms with Gasteiger partial charge in [0.15, 0.2) is 0 Å². The average Bonchev–Trinajstić information content (AvgIpc) is 1.67. The molecule has 0 unspecified atom stereocenters. The highest BCUT2D eigenvalue weighted by molar-refractivity contribution is 9.15. The minimum absolute atomic E-state index is 0.881. The number of hydrogen-bond donors (Lipinski definition) is 0. The van der Waals surface area contributed by atoms with Gasteiger partial charge in [-0.15, -0.1) is 11.8 Å². The molecule has 0 saturated carbocycles. The molecule has 0 amide bonds. The Morgan fingerprint density at radius 2 is 2.12 bits per heavy atom. The van der Waals surface area contributed by atoms with Gasteiger partial charge in [-0.2, -0.15) is 0 Å². The Balaban J connectivity index is 3.80. The van der Waals surface area contributed by atoms with Gasteiger partial charge in [0.2, 0.25) is 0 Å². The quantitative estimate of drug-likeness (QED) is 0.683. The summed E-state index contributed by atoms with van der Waals surface area (Å²) >= 11 is 8.15. The van der Waals surface area contributed by atoms with Crippen LogP contribution in [-0.4, -0.2) is 6.26 Å². The number of hydrogen-bond acceptors (Lipinski definition) is 1. The van der Waals surface area contributed by atoms with Crippen molar-refractivity contribution in [3.8, 4) is 0 Å². The zero-order valence-electron chi connectivity index (χ0n) is 4.45. The SMILES string of the molecule is C=C(Br)/C(Br)=C\SC. The molecule has 8 heavy (non-hydrogen) atoms. The van der Waals surface area contributed by atoms with Crippen molar-refractivity contribution >= 4 is 43.6 Å². The van der Waals surface area contributed by atoms with Crippen molar-refractivity contribution in [1.82, 2.24) is 0 Å². The first-order valence-electron chi connectivity index (χ1n) is 1.91. The summed E-state index contributed by atoms with van der Waals surface area (Å²) in [6.07, 6.45) is 2.00. The predicted octanol–water partition coefficient (Wildman–Crippen LogP) is 3.49. The molecular formula is C5H6Br2S. The van der Waals surface area contributed by atoms with Crippen LogP contribution in [0.15, 0.2) is 21.0 Å². The molecule has 3 heteroatoms. The average molecular weight is 258 g/mol. The normalized spacial score (nSPS) is 11.6. The Morgan fingerprint density at radius 1 is 1.62 bits per heavy atom. The first kappa shape index (κ1) is 8.79. The van der Waals surface area contributed by atoms with Gasteiger partial charge in [-0.05, 0) is 27.6 Å². The molecule has 0 N–H and O–H groups in total. The van der Waals surface area contributed by atoms with E-state index >= 15 is 0 Å². The van der Waals surface area contributed by atoms with Crippen LogP contribution < -0.4 is 0 Å². The van der Waals surface area contributed by atoms with Crippen molar-refractivity contribution in [2.75, 3.05) is 6.26 Å². The summed E-state index contributed by atoms with van der Waals surface area (Å²) in [7, 11) is 0. The molecule has 0 aliphatic heterocycles. The molecule has 0 nitrogen and oxygen atoms in total. The minimum atomic E-state index is 0.881. The molecule has 0 bridgehead atoms. The minimum Gasteiger partial charge on any atom is -0.136 e. The van der Waals surface area contributed by atoms with Crippen LogP contribution >= 0.6 is 43.6 Å². The van der Waals surface area contributed by atoms with E-state index in [9.17, 15) is 0 Å². The zero-order valence-corrected chi connectivity index (χ0v) is 8.44. The maximum atomic E-state index is 3.66. The van der Waals surface area contributed by atoms with Crippen molar-refractivity contribution in [2.24, 2.45) is 0 Å². The van der Waals surface area contributed by atoms with Gasteiger partial charge in [0.05, 0.1) is 0 Å². The van der Waals surface area contributed by atoms with E-state index < -0.39 is 0 Å². The number of allylic oxidation sites excluding steroid dienone is 2. The lowest BCUT2D eigenvalue weighted by Gasteiger charge is -1.89. The summed E-state index contributed by atoms with van der Waals surface area (Å²) in [5.74, 6) is 0. The first-order valence-corrected chi connectivity index (χ1v) is 4.79. The molecule has 0 aliphatic rings. The molecule has 0 heterocycles. The van der Waals surface area contributed by atoms with Gasteiger partial charge in [-0.3, -0.25) is 0 Å². The van der Waals surface area contributed by atoms with E-state index in [4.69, 9.17) is 0 Å². The van der Waals surface area contributed by atoms with E-state index in [2.05, 4.69) is 38.4 Å². The highest BCUT2D eigenvalue weighted by Gasteiger charge is 1.89. The zero-order chi connectivity index (χ0) is 6.57. The monoisotopic (exact) mass is 256 g/mol. The molecule has 0 fully saturated rings. The summed E-state index contributed by atoms with van der Waals surface area (Å²) in [6.45, 7) is 3.66. The van der Waals surface area contributed by atoms with Crippen LogP contribution in [0, 0.1) is 0 Å². The van der Waals surface area contributed by atoms with Gasteiger partial charge in [0, 0.05) is 8.96 Å². The van der Waals surface area contributed by atoms with E-state index in [1.807, 2.05) is 11.7 Å². The van der Waals surface area contributed by atoms with E-state index in [0.29, 0.717) is 0 Å². The van der Waals surface area contributed by atoms with Crippen LogP contribution in [0.1, 0.15) is 0 Å². The third-order valence-corrected chi connectivity index (χ3v) is 2.92. The number of halogens is 2. The largest absolute Gasteiger partial charge is 0.136 e. The lowest BCUT2D eigenvalue weighted by molar-refractivity contribution is 2.01. The Hall–Kier alpha value is 0.790. The molecule has 0 atom stereocenters. The summed E-state index contributed by atoms with van der Waals surface area (Å²) in [5, 5.41) is 1.97. The van der Waals surface area contributed by atoms with Crippen LogP contribution in [-0.2, 0) is 0 Å². The molecule has 46 valence electrons. The lowest BCUT2D eigenvalue weighted by Crippen LogP contribution is -1.62. The molecule has 0 aliphatic carbocycles. The van der Waals surface area contributed by atoms with Crippen molar-refractivity contribution < 1.29 is 0 Å². The van der Waals surface area contributed by atoms with Crippen LogP contribution in [0.2, 0.25) is 0 Å². The summed E-state index contributed by atoms with van der Waals surface area (Å²) < 4.78 is 1.89. The van der Waals surface area contributed by atoms with Gasteiger partial charge in [0.1, 0.15) is 0 Å².